The van der Waals surface area contributed by atoms with Crippen molar-refractivity contribution in [2.45, 2.75) is 57.3 Å². The van der Waals surface area contributed by atoms with Crippen LogP contribution in [0.1, 0.15) is 48.3 Å². The summed E-state index contributed by atoms with van der Waals surface area (Å²) >= 11 is 6.18. The van der Waals surface area contributed by atoms with Gasteiger partial charge in [-0.2, -0.15) is 5.06 Å². The Hall–Kier alpha value is -1.51. The van der Waals surface area contributed by atoms with Crippen molar-refractivity contribution in [3.8, 4) is 0 Å². The molecule has 0 aliphatic carbocycles. The highest BCUT2D eigenvalue weighted by atomic mass is 35.5. The van der Waals surface area contributed by atoms with Crippen molar-refractivity contribution in [1.29, 1.82) is 0 Å². The second kappa shape index (κ2) is 7.96. The van der Waals surface area contributed by atoms with Crippen LogP contribution in [0.25, 0.3) is 0 Å². The maximum Gasteiger partial charge on any atom is 0.262 e. The van der Waals surface area contributed by atoms with E-state index in [1.54, 1.807) is 24.3 Å². The zero-order valence-electron chi connectivity index (χ0n) is 17.1. The number of hydroxylamine groups is 4. The van der Waals surface area contributed by atoms with Crippen molar-refractivity contribution < 1.29 is 24.0 Å². The summed E-state index contributed by atoms with van der Waals surface area (Å²) in [4.78, 5) is 38.7. The van der Waals surface area contributed by atoms with E-state index in [4.69, 9.17) is 26.0 Å². The average molecular weight is 423 g/mol. The first-order valence-electron chi connectivity index (χ1n) is 10.1. The Balaban J connectivity index is 1.73. The summed E-state index contributed by atoms with van der Waals surface area (Å²) in [5.74, 6) is -1.31. The van der Waals surface area contributed by atoms with Gasteiger partial charge >= 0.3 is 0 Å². The minimum absolute atomic E-state index is 0.107. The number of hydrogen-bond acceptors (Lipinski definition) is 6. The lowest BCUT2D eigenvalue weighted by molar-refractivity contribution is -0.288. The number of rotatable bonds is 4. The zero-order chi connectivity index (χ0) is 20.8. The molecule has 3 fully saturated rings. The fraction of sp³-hybridized carbons (Fsp3) is 0.619. The largest absolute Gasteiger partial charge is 0.350 e. The SMILES string of the molecule is CON1CCC2(CC1)C(=O)C(c1c(C)cc(Cl)cc1C)C(=O)N2OC1CCCO1. The van der Waals surface area contributed by atoms with Crippen LogP contribution >= 0.6 is 11.6 Å². The topological polar surface area (TPSA) is 68.3 Å². The maximum absolute atomic E-state index is 13.8. The third kappa shape index (κ3) is 3.49. The molecule has 3 heterocycles. The van der Waals surface area contributed by atoms with Crippen LogP contribution in [0, 0.1) is 13.8 Å². The van der Waals surface area contributed by atoms with Gasteiger partial charge in [0, 0.05) is 24.5 Å². The van der Waals surface area contributed by atoms with Gasteiger partial charge in [-0.05, 0) is 61.9 Å². The number of ketones is 1. The molecule has 4 rings (SSSR count). The van der Waals surface area contributed by atoms with Crippen LogP contribution < -0.4 is 0 Å². The van der Waals surface area contributed by atoms with Gasteiger partial charge in [0.2, 0.25) is 0 Å². The first-order chi connectivity index (χ1) is 13.9. The van der Waals surface area contributed by atoms with Crippen molar-refractivity contribution in [2.24, 2.45) is 0 Å². The highest BCUT2D eigenvalue weighted by Crippen LogP contribution is 2.45. The Morgan fingerprint density at radius 1 is 1.17 bits per heavy atom. The number of nitrogens with zero attached hydrogens (tertiary/aromatic N) is 2. The van der Waals surface area contributed by atoms with E-state index >= 15 is 0 Å². The Kier molecular flexibility index (Phi) is 5.70. The second-order valence-corrected chi connectivity index (χ2v) is 8.51. The second-order valence-electron chi connectivity index (χ2n) is 8.07. The number of Topliss-reactive ketones (excluding diaryl/α,β-unsaturated/α-hetero) is 1. The molecule has 8 heteroatoms. The van der Waals surface area contributed by atoms with E-state index in [2.05, 4.69) is 0 Å². The van der Waals surface area contributed by atoms with E-state index < -0.39 is 17.7 Å². The van der Waals surface area contributed by atoms with Crippen LogP contribution in [0.2, 0.25) is 5.02 Å². The van der Waals surface area contributed by atoms with Gasteiger partial charge < -0.3 is 9.57 Å². The summed E-state index contributed by atoms with van der Waals surface area (Å²) in [5, 5.41) is 3.74. The molecular formula is C21H27ClN2O5. The highest BCUT2D eigenvalue weighted by molar-refractivity contribution is 6.30. The lowest BCUT2D eigenvalue weighted by atomic mass is 9.79. The van der Waals surface area contributed by atoms with Gasteiger partial charge in [0.1, 0.15) is 11.5 Å². The van der Waals surface area contributed by atoms with E-state index in [9.17, 15) is 9.59 Å². The van der Waals surface area contributed by atoms with E-state index in [-0.39, 0.29) is 11.7 Å². The van der Waals surface area contributed by atoms with Crippen LogP contribution in [0.4, 0.5) is 0 Å². The summed E-state index contributed by atoms with van der Waals surface area (Å²) in [5.41, 5.74) is 1.41. The van der Waals surface area contributed by atoms with E-state index in [0.717, 1.165) is 23.1 Å². The lowest BCUT2D eigenvalue weighted by Gasteiger charge is -2.42. The molecule has 2 unspecified atom stereocenters. The quantitative estimate of drug-likeness (QED) is 0.695. The summed E-state index contributed by atoms with van der Waals surface area (Å²) in [6.07, 6.45) is 2.02. The Morgan fingerprint density at radius 2 is 1.83 bits per heavy atom. The molecule has 3 saturated heterocycles. The third-order valence-corrected chi connectivity index (χ3v) is 6.54. The van der Waals surface area contributed by atoms with Crippen molar-refractivity contribution in [3.63, 3.8) is 0 Å². The van der Waals surface area contributed by atoms with Crippen molar-refractivity contribution in [1.82, 2.24) is 10.1 Å². The van der Waals surface area contributed by atoms with Gasteiger partial charge in [-0.3, -0.25) is 9.59 Å². The molecule has 0 saturated carbocycles. The van der Waals surface area contributed by atoms with Gasteiger partial charge in [0.25, 0.3) is 5.91 Å². The number of aryl methyl sites for hydroxylation is 2. The summed E-state index contributed by atoms with van der Waals surface area (Å²) in [7, 11) is 1.61. The van der Waals surface area contributed by atoms with E-state index in [1.165, 1.54) is 5.06 Å². The molecule has 7 nitrogen and oxygen atoms in total. The van der Waals surface area contributed by atoms with Crippen LogP contribution in [-0.2, 0) is 24.0 Å². The molecule has 1 aromatic carbocycles. The zero-order valence-corrected chi connectivity index (χ0v) is 17.8. The molecule has 3 aliphatic rings. The van der Waals surface area contributed by atoms with Crippen LogP contribution in [0.3, 0.4) is 0 Å². The van der Waals surface area contributed by atoms with Crippen LogP contribution in [0.15, 0.2) is 12.1 Å². The minimum atomic E-state index is -0.999. The number of halogens is 1. The Labute approximate surface area is 175 Å². The number of carbonyl (C=O) groups is 2. The van der Waals surface area contributed by atoms with Gasteiger partial charge in [-0.25, -0.2) is 9.90 Å². The predicted octanol–water partition coefficient (Wildman–Crippen LogP) is 2.92. The van der Waals surface area contributed by atoms with Crippen molar-refractivity contribution in [2.75, 3.05) is 26.8 Å². The molecule has 158 valence electrons. The van der Waals surface area contributed by atoms with E-state index in [1.807, 2.05) is 13.8 Å². The van der Waals surface area contributed by atoms with Crippen LogP contribution in [0.5, 0.6) is 0 Å². The minimum Gasteiger partial charge on any atom is -0.350 e. The maximum atomic E-state index is 13.8. The molecule has 1 amide bonds. The van der Waals surface area contributed by atoms with Crippen molar-refractivity contribution >= 4 is 23.3 Å². The smallest absolute Gasteiger partial charge is 0.262 e. The summed E-state index contributed by atoms with van der Waals surface area (Å²) in [6.45, 7) is 5.47. The monoisotopic (exact) mass is 422 g/mol. The number of amides is 1. The Bertz CT molecular complexity index is 792. The summed E-state index contributed by atoms with van der Waals surface area (Å²) < 4.78 is 5.60. The molecule has 0 radical (unpaired) electrons. The Morgan fingerprint density at radius 3 is 2.38 bits per heavy atom. The van der Waals surface area contributed by atoms with E-state index in [0.29, 0.717) is 44.0 Å². The first kappa shape index (κ1) is 20.8. The molecule has 2 atom stereocenters. The van der Waals surface area contributed by atoms with Gasteiger partial charge in [0.15, 0.2) is 12.1 Å². The average Bonchev–Trinajstić information content (AvgIpc) is 3.26. The first-order valence-corrected chi connectivity index (χ1v) is 10.5. The highest BCUT2D eigenvalue weighted by Gasteiger charge is 2.61. The number of hydrogen-bond donors (Lipinski definition) is 0. The molecule has 29 heavy (non-hydrogen) atoms. The van der Waals surface area contributed by atoms with Crippen molar-refractivity contribution in [3.05, 3.63) is 33.8 Å². The molecule has 0 bridgehead atoms. The molecule has 1 aromatic rings. The normalized spacial score (nSPS) is 27.4. The molecule has 0 N–H and O–H groups in total. The fourth-order valence-corrected chi connectivity index (χ4v) is 5.16. The molecule has 1 spiro atoms. The predicted molar refractivity (Wildman–Crippen MR) is 106 cm³/mol. The molecular weight excluding hydrogens is 396 g/mol. The number of ether oxygens (including phenoxy) is 1. The standard InChI is InChI=1S/C21H27ClN2O5/c1-13-11-15(22)12-14(2)17(13)18-19(25)21(6-8-23(27-3)9-7-21)24(20(18)26)29-16-5-4-10-28-16/h11-12,16,18H,4-10H2,1-3H3. The summed E-state index contributed by atoms with van der Waals surface area (Å²) in [6, 6.07) is 3.60. The lowest BCUT2D eigenvalue weighted by Crippen LogP contribution is -2.56. The number of carbonyl (C=O) groups excluding carboxylic acids is 2. The van der Waals surface area contributed by atoms with Gasteiger partial charge in [-0.1, -0.05) is 11.6 Å². The number of benzene rings is 1. The third-order valence-electron chi connectivity index (χ3n) is 6.32. The fourth-order valence-electron chi connectivity index (χ4n) is 4.83. The molecule has 0 aromatic heterocycles. The molecule has 3 aliphatic heterocycles. The van der Waals surface area contributed by atoms with Gasteiger partial charge in [0.05, 0.1) is 13.7 Å². The van der Waals surface area contributed by atoms with Crippen LogP contribution in [-0.4, -0.2) is 60.5 Å². The van der Waals surface area contributed by atoms with Gasteiger partial charge in [-0.15, -0.1) is 0 Å². The number of piperidine rings is 1.